The third-order valence-electron chi connectivity index (χ3n) is 7.84. The number of Topliss-reactive ketones (excluding diaryl/α,β-unsaturated/α-hetero) is 2. The Kier molecular flexibility index (Phi) is 6.84. The van der Waals surface area contributed by atoms with Crippen LogP contribution in [0.4, 0.5) is 5.69 Å². The van der Waals surface area contributed by atoms with Gasteiger partial charge in [0.25, 0.3) is 5.91 Å². The standard InChI is InChI=1S/C26H32N4O9/c1-9-13-10(28-12(32)8-29(2)3)6-7-11(31)15(13)20(33)16-14(9)21(34)18-19(30(4)5)22(35)17(25(27)38)24(37)26(18,39)23(16)36/h6-7,9,14,18-19,21,31,33-34,37,39H,8H2,1-5H3,(H2,27,38)(H,28,32)/t9-,14+,18+,19-,21-,26-/m0/s1. The summed E-state index contributed by atoms with van der Waals surface area (Å²) in [5.74, 6) is -10.3. The van der Waals surface area contributed by atoms with Gasteiger partial charge >= 0.3 is 0 Å². The maximum absolute atomic E-state index is 14.0. The molecule has 0 saturated heterocycles. The molecule has 1 saturated carbocycles. The molecule has 0 aromatic heterocycles. The van der Waals surface area contributed by atoms with Gasteiger partial charge in [0.15, 0.2) is 11.4 Å². The van der Waals surface area contributed by atoms with Crippen molar-refractivity contribution >= 4 is 34.8 Å². The second-order valence-electron chi connectivity index (χ2n) is 10.8. The van der Waals surface area contributed by atoms with Crippen LogP contribution in [0, 0.1) is 11.8 Å². The molecule has 0 aliphatic heterocycles. The number of fused-ring (bicyclic) bond motifs is 3. The molecule has 0 heterocycles. The third kappa shape index (κ3) is 3.92. The molecule has 1 aromatic rings. The van der Waals surface area contributed by atoms with Gasteiger partial charge in [-0.1, -0.05) is 6.92 Å². The SMILES string of the molecule is C[C@H]1c2c(NC(=O)CN(C)C)ccc(O)c2C(O)=C2C(=O)[C@]3(O)C(O)=C(C(N)=O)C(=O)[C@@H](N(C)C)[C@@H]3[C@@H](O)[C@@H]21. The molecule has 0 radical (unpaired) electrons. The van der Waals surface area contributed by atoms with Crippen molar-refractivity contribution in [2.75, 3.05) is 40.1 Å². The van der Waals surface area contributed by atoms with Crippen LogP contribution >= 0.6 is 0 Å². The van der Waals surface area contributed by atoms with E-state index in [-0.39, 0.29) is 23.4 Å². The molecular formula is C26H32N4O9. The molecule has 3 aliphatic carbocycles. The van der Waals surface area contributed by atoms with Crippen LogP contribution < -0.4 is 11.1 Å². The minimum Gasteiger partial charge on any atom is -0.508 e. The van der Waals surface area contributed by atoms with Crippen molar-refractivity contribution in [3.8, 4) is 5.75 Å². The Morgan fingerprint density at radius 1 is 1.10 bits per heavy atom. The normalized spacial score (nSPS) is 30.3. The Balaban J connectivity index is 1.99. The number of nitrogens with two attached hydrogens (primary N) is 1. The molecule has 210 valence electrons. The second-order valence-corrected chi connectivity index (χ2v) is 10.8. The Morgan fingerprint density at radius 2 is 1.72 bits per heavy atom. The van der Waals surface area contributed by atoms with Crippen LogP contribution in [0.5, 0.6) is 5.75 Å². The third-order valence-corrected chi connectivity index (χ3v) is 7.84. The van der Waals surface area contributed by atoms with E-state index in [0.717, 1.165) is 0 Å². The largest absolute Gasteiger partial charge is 0.508 e. The van der Waals surface area contributed by atoms with E-state index in [0.29, 0.717) is 0 Å². The fourth-order valence-electron chi connectivity index (χ4n) is 6.28. The summed E-state index contributed by atoms with van der Waals surface area (Å²) in [5.41, 5.74) is 1.08. The first-order valence-corrected chi connectivity index (χ1v) is 12.2. The average molecular weight is 545 g/mol. The minimum absolute atomic E-state index is 0.0250. The first kappa shape index (κ1) is 28.2. The predicted molar refractivity (Wildman–Crippen MR) is 138 cm³/mol. The number of carbonyl (C=O) groups is 4. The zero-order valence-corrected chi connectivity index (χ0v) is 22.1. The van der Waals surface area contributed by atoms with Gasteiger partial charge in [-0.15, -0.1) is 0 Å². The number of aliphatic hydroxyl groups excluding tert-OH is 3. The van der Waals surface area contributed by atoms with Crippen molar-refractivity contribution in [3.05, 3.63) is 40.2 Å². The fraction of sp³-hybridized carbons (Fsp3) is 0.462. The van der Waals surface area contributed by atoms with E-state index in [4.69, 9.17) is 5.73 Å². The summed E-state index contributed by atoms with van der Waals surface area (Å²) in [6.45, 7) is 1.62. The Morgan fingerprint density at radius 3 is 2.26 bits per heavy atom. The Hall–Kier alpha value is -3.78. The molecule has 13 nitrogen and oxygen atoms in total. The molecule has 0 unspecified atom stereocenters. The molecule has 6 atom stereocenters. The number of ketones is 2. The highest BCUT2D eigenvalue weighted by Gasteiger charge is 2.68. The number of benzene rings is 1. The summed E-state index contributed by atoms with van der Waals surface area (Å²) in [6, 6.07) is 1.18. The van der Waals surface area contributed by atoms with E-state index in [1.807, 2.05) is 0 Å². The molecule has 1 aromatic carbocycles. The smallest absolute Gasteiger partial charge is 0.255 e. The lowest BCUT2D eigenvalue weighted by Crippen LogP contribution is -2.70. The van der Waals surface area contributed by atoms with Crippen LogP contribution in [-0.2, 0) is 19.2 Å². The van der Waals surface area contributed by atoms with E-state index in [2.05, 4.69) is 5.32 Å². The van der Waals surface area contributed by atoms with Gasteiger partial charge in [0.1, 0.15) is 22.8 Å². The number of carbonyl (C=O) groups excluding carboxylic acids is 4. The number of nitrogens with one attached hydrogen (secondary N) is 1. The summed E-state index contributed by atoms with van der Waals surface area (Å²) in [7, 11) is 6.25. The molecule has 2 amide bonds. The van der Waals surface area contributed by atoms with E-state index in [1.165, 1.54) is 31.1 Å². The fourth-order valence-corrected chi connectivity index (χ4v) is 6.28. The van der Waals surface area contributed by atoms with Gasteiger partial charge in [-0.25, -0.2) is 0 Å². The van der Waals surface area contributed by atoms with Crippen LogP contribution in [0.1, 0.15) is 24.0 Å². The number of primary amides is 1. The number of likely N-dealkylation sites (N-methyl/N-ethyl adjacent to an activating group) is 2. The van der Waals surface area contributed by atoms with Crippen molar-refractivity contribution in [2.45, 2.75) is 30.6 Å². The molecule has 39 heavy (non-hydrogen) atoms. The average Bonchev–Trinajstić information content (AvgIpc) is 2.81. The molecule has 4 rings (SSSR count). The van der Waals surface area contributed by atoms with Gasteiger partial charge in [0.2, 0.25) is 11.7 Å². The summed E-state index contributed by atoms with van der Waals surface area (Å²) in [4.78, 5) is 54.8. The van der Waals surface area contributed by atoms with Crippen molar-refractivity contribution in [3.63, 3.8) is 0 Å². The molecule has 0 bridgehead atoms. The topological polar surface area (TPSA) is 214 Å². The van der Waals surface area contributed by atoms with Crippen molar-refractivity contribution < 1.29 is 44.7 Å². The summed E-state index contributed by atoms with van der Waals surface area (Å²) in [6.07, 6.45) is -1.73. The van der Waals surface area contributed by atoms with Crippen LogP contribution in [-0.4, -0.2) is 111 Å². The van der Waals surface area contributed by atoms with Crippen LogP contribution in [0.15, 0.2) is 29.0 Å². The van der Waals surface area contributed by atoms with Gasteiger partial charge in [0, 0.05) is 17.2 Å². The van der Waals surface area contributed by atoms with Gasteiger partial charge in [-0.3, -0.25) is 24.1 Å². The van der Waals surface area contributed by atoms with E-state index < -0.39 is 87.3 Å². The van der Waals surface area contributed by atoms with Gasteiger partial charge in [0.05, 0.1) is 30.2 Å². The van der Waals surface area contributed by atoms with Crippen molar-refractivity contribution in [2.24, 2.45) is 17.6 Å². The molecule has 1 fully saturated rings. The van der Waals surface area contributed by atoms with E-state index >= 15 is 0 Å². The number of phenols is 1. The molecule has 0 spiro atoms. The molecule has 13 heteroatoms. The number of rotatable bonds is 5. The highest BCUT2D eigenvalue weighted by molar-refractivity contribution is 6.24. The number of hydrogen-bond donors (Lipinski definition) is 7. The second kappa shape index (κ2) is 9.45. The maximum atomic E-state index is 14.0. The molecular weight excluding hydrogens is 512 g/mol. The monoisotopic (exact) mass is 544 g/mol. The molecule has 8 N–H and O–H groups in total. The predicted octanol–water partition coefficient (Wildman–Crippen LogP) is -1.00. The first-order chi connectivity index (χ1) is 18.1. The summed E-state index contributed by atoms with van der Waals surface area (Å²) < 4.78 is 0. The Bertz CT molecular complexity index is 1370. The number of amides is 2. The van der Waals surface area contributed by atoms with E-state index in [1.54, 1.807) is 25.9 Å². The minimum atomic E-state index is -2.99. The highest BCUT2D eigenvalue weighted by atomic mass is 16.4. The van der Waals surface area contributed by atoms with Crippen molar-refractivity contribution in [1.82, 2.24) is 9.80 Å². The van der Waals surface area contributed by atoms with Gasteiger partial charge < -0.3 is 41.5 Å². The van der Waals surface area contributed by atoms with E-state index in [9.17, 15) is 44.7 Å². The zero-order valence-electron chi connectivity index (χ0n) is 22.1. The number of phenolic OH excluding ortho intramolecular Hbond substituents is 1. The van der Waals surface area contributed by atoms with Crippen molar-refractivity contribution in [1.29, 1.82) is 0 Å². The number of nitrogens with zero attached hydrogens (tertiary/aromatic N) is 2. The quantitative estimate of drug-likeness (QED) is 0.176. The summed E-state index contributed by atoms with van der Waals surface area (Å²) >= 11 is 0. The summed E-state index contributed by atoms with van der Waals surface area (Å²) in [5, 5.41) is 59.0. The lowest BCUT2D eigenvalue weighted by atomic mass is 9.54. The van der Waals surface area contributed by atoms with Crippen LogP contribution in [0.25, 0.3) is 5.76 Å². The number of aliphatic hydroxyl groups is 4. The number of anilines is 1. The highest BCUT2D eigenvalue weighted by Crippen LogP contribution is 2.57. The number of aromatic hydroxyl groups is 1. The maximum Gasteiger partial charge on any atom is 0.255 e. The van der Waals surface area contributed by atoms with Gasteiger partial charge in [-0.2, -0.15) is 0 Å². The first-order valence-electron chi connectivity index (χ1n) is 12.2. The number of hydrogen-bond acceptors (Lipinski definition) is 11. The zero-order chi connectivity index (χ0) is 29.3. The van der Waals surface area contributed by atoms with Crippen LogP contribution in [0.2, 0.25) is 0 Å². The lowest BCUT2D eigenvalue weighted by Gasteiger charge is -2.53. The van der Waals surface area contributed by atoms with Crippen LogP contribution in [0.3, 0.4) is 0 Å². The molecule has 3 aliphatic rings. The Labute approximate surface area is 223 Å². The van der Waals surface area contributed by atoms with Gasteiger partial charge in [-0.05, 0) is 51.8 Å². The lowest BCUT2D eigenvalue weighted by molar-refractivity contribution is -0.169.